The Morgan fingerprint density at radius 3 is 2.71 bits per heavy atom. The molecule has 4 heteroatoms. The lowest BCUT2D eigenvalue weighted by Crippen LogP contribution is -2.13. The van der Waals surface area contributed by atoms with Crippen LogP contribution in [0.4, 0.5) is 0 Å². The number of hydrogen-bond donors (Lipinski definition) is 1. The van der Waals surface area contributed by atoms with Gasteiger partial charge in [0.1, 0.15) is 5.75 Å². The zero-order valence-electron chi connectivity index (χ0n) is 12.2. The van der Waals surface area contributed by atoms with Crippen molar-refractivity contribution < 1.29 is 9.84 Å². The van der Waals surface area contributed by atoms with Crippen molar-refractivity contribution in [3.8, 4) is 5.75 Å². The summed E-state index contributed by atoms with van der Waals surface area (Å²) in [6.07, 6.45) is 0.275. The fourth-order valence-electron chi connectivity index (χ4n) is 2.07. The molecule has 112 valence electrons. The van der Waals surface area contributed by atoms with Crippen molar-refractivity contribution in [3.05, 3.63) is 58.1 Å². The predicted molar refractivity (Wildman–Crippen MR) is 92.3 cm³/mol. The van der Waals surface area contributed by atoms with Crippen LogP contribution in [0.2, 0.25) is 0 Å². The first-order chi connectivity index (χ1) is 10.1. The number of thioether (sulfide) groups is 1. The normalized spacial score (nSPS) is 12.2. The second-order valence-corrected chi connectivity index (χ2v) is 6.90. The minimum Gasteiger partial charge on any atom is -0.496 e. The van der Waals surface area contributed by atoms with Gasteiger partial charge in [0.15, 0.2) is 0 Å². The first kappa shape index (κ1) is 16.4. The fraction of sp³-hybridized carbons (Fsp3) is 0.294. The highest BCUT2D eigenvalue weighted by Crippen LogP contribution is 2.27. The molecule has 1 atom stereocenters. The summed E-state index contributed by atoms with van der Waals surface area (Å²) in [4.78, 5) is 1.20. The van der Waals surface area contributed by atoms with Gasteiger partial charge in [0.25, 0.3) is 0 Å². The number of aliphatic hydroxyl groups excluding tert-OH is 1. The van der Waals surface area contributed by atoms with Crippen molar-refractivity contribution in [2.75, 3.05) is 12.9 Å². The minimum absolute atomic E-state index is 0.365. The Morgan fingerprint density at radius 2 is 2.05 bits per heavy atom. The van der Waals surface area contributed by atoms with Gasteiger partial charge >= 0.3 is 0 Å². The first-order valence-electron chi connectivity index (χ1n) is 6.78. The molecule has 1 N–H and O–H groups in total. The number of aryl methyl sites for hydroxylation is 1. The van der Waals surface area contributed by atoms with E-state index in [1.807, 2.05) is 24.3 Å². The molecule has 21 heavy (non-hydrogen) atoms. The molecule has 0 bridgehead atoms. The summed E-state index contributed by atoms with van der Waals surface area (Å²) in [5, 5.41) is 10.2. The second kappa shape index (κ2) is 7.87. The van der Waals surface area contributed by atoms with E-state index in [0.29, 0.717) is 12.2 Å². The molecule has 2 aromatic rings. The van der Waals surface area contributed by atoms with Crippen molar-refractivity contribution >= 4 is 27.7 Å². The van der Waals surface area contributed by atoms with E-state index in [2.05, 4.69) is 41.1 Å². The molecule has 0 aliphatic carbocycles. The minimum atomic E-state index is -0.365. The van der Waals surface area contributed by atoms with Gasteiger partial charge in [0.2, 0.25) is 0 Å². The number of hydrogen-bond acceptors (Lipinski definition) is 3. The van der Waals surface area contributed by atoms with Crippen LogP contribution in [-0.4, -0.2) is 24.1 Å². The maximum absolute atomic E-state index is 10.2. The van der Waals surface area contributed by atoms with E-state index in [0.717, 1.165) is 15.8 Å². The summed E-state index contributed by atoms with van der Waals surface area (Å²) < 4.78 is 6.13. The lowest BCUT2D eigenvalue weighted by molar-refractivity contribution is 0.200. The number of benzene rings is 2. The van der Waals surface area contributed by atoms with Crippen molar-refractivity contribution in [2.24, 2.45) is 0 Å². The Bertz CT molecular complexity index is 601. The molecular formula is C17H19BrO2S. The molecule has 0 amide bonds. The first-order valence-corrected chi connectivity index (χ1v) is 8.56. The SMILES string of the molecule is COc1ccc(CC(O)CSc2cccc(C)c2)cc1Br. The van der Waals surface area contributed by atoms with E-state index >= 15 is 0 Å². The summed E-state index contributed by atoms with van der Waals surface area (Å²) in [5.74, 6) is 1.50. The topological polar surface area (TPSA) is 29.5 Å². The highest BCUT2D eigenvalue weighted by Gasteiger charge is 2.09. The average Bonchev–Trinajstić information content (AvgIpc) is 2.45. The third kappa shape index (κ3) is 5.06. The molecule has 0 aromatic heterocycles. The monoisotopic (exact) mass is 366 g/mol. The van der Waals surface area contributed by atoms with Crippen LogP contribution in [0.5, 0.6) is 5.75 Å². The molecule has 2 aromatic carbocycles. The number of halogens is 1. The third-order valence-corrected chi connectivity index (χ3v) is 4.88. The van der Waals surface area contributed by atoms with E-state index in [1.54, 1.807) is 18.9 Å². The molecule has 0 aliphatic heterocycles. The molecule has 0 heterocycles. The maximum atomic E-state index is 10.2. The Balaban J connectivity index is 1.89. The number of methoxy groups -OCH3 is 1. The van der Waals surface area contributed by atoms with Crippen molar-refractivity contribution in [1.29, 1.82) is 0 Å². The zero-order chi connectivity index (χ0) is 15.2. The third-order valence-electron chi connectivity index (χ3n) is 3.12. The highest BCUT2D eigenvalue weighted by molar-refractivity contribution is 9.10. The lowest BCUT2D eigenvalue weighted by atomic mass is 10.1. The van der Waals surface area contributed by atoms with Crippen molar-refractivity contribution in [3.63, 3.8) is 0 Å². The largest absolute Gasteiger partial charge is 0.496 e. The zero-order valence-corrected chi connectivity index (χ0v) is 14.6. The van der Waals surface area contributed by atoms with Gasteiger partial charge in [-0.05, 0) is 59.1 Å². The van der Waals surface area contributed by atoms with Crippen LogP contribution in [0.25, 0.3) is 0 Å². The fourth-order valence-corrected chi connectivity index (χ4v) is 3.60. The highest BCUT2D eigenvalue weighted by atomic mass is 79.9. The van der Waals surface area contributed by atoms with Crippen LogP contribution in [0.1, 0.15) is 11.1 Å². The van der Waals surface area contributed by atoms with Crippen LogP contribution in [0.15, 0.2) is 51.8 Å². The lowest BCUT2D eigenvalue weighted by Gasteiger charge is -2.12. The molecule has 2 rings (SSSR count). The van der Waals surface area contributed by atoms with Gasteiger partial charge in [-0.3, -0.25) is 0 Å². The van der Waals surface area contributed by atoms with Gasteiger partial charge in [-0.15, -0.1) is 11.8 Å². The average molecular weight is 367 g/mol. The van der Waals surface area contributed by atoms with Crippen molar-refractivity contribution in [1.82, 2.24) is 0 Å². The molecule has 0 spiro atoms. The smallest absolute Gasteiger partial charge is 0.133 e. The van der Waals surface area contributed by atoms with E-state index in [1.165, 1.54) is 10.5 Å². The molecule has 0 saturated carbocycles. The molecule has 1 unspecified atom stereocenters. The molecule has 2 nitrogen and oxygen atoms in total. The molecule has 0 radical (unpaired) electrons. The van der Waals surface area contributed by atoms with Gasteiger partial charge in [-0.2, -0.15) is 0 Å². The van der Waals surface area contributed by atoms with Crippen LogP contribution >= 0.6 is 27.7 Å². The molecule has 0 fully saturated rings. The van der Waals surface area contributed by atoms with E-state index in [4.69, 9.17) is 4.74 Å². The molecular weight excluding hydrogens is 348 g/mol. The van der Waals surface area contributed by atoms with Crippen LogP contribution in [0.3, 0.4) is 0 Å². The number of ether oxygens (including phenoxy) is 1. The summed E-state index contributed by atoms with van der Waals surface area (Å²) in [6, 6.07) is 14.2. The van der Waals surface area contributed by atoms with Crippen molar-refractivity contribution in [2.45, 2.75) is 24.3 Å². The van der Waals surface area contributed by atoms with E-state index < -0.39 is 0 Å². The standard InChI is InChI=1S/C17H19BrO2S/c1-12-4-3-5-15(8-12)21-11-14(19)9-13-6-7-17(20-2)16(18)10-13/h3-8,10,14,19H,9,11H2,1-2H3. The van der Waals surface area contributed by atoms with Gasteiger partial charge < -0.3 is 9.84 Å². The van der Waals surface area contributed by atoms with Crippen LogP contribution < -0.4 is 4.74 Å². The van der Waals surface area contributed by atoms with Gasteiger partial charge in [0, 0.05) is 10.6 Å². The van der Waals surface area contributed by atoms with Gasteiger partial charge in [-0.1, -0.05) is 23.8 Å². The summed E-state index contributed by atoms with van der Waals surface area (Å²) in [5.41, 5.74) is 2.34. The predicted octanol–water partition coefficient (Wildman–Crippen LogP) is 4.46. The van der Waals surface area contributed by atoms with Crippen LogP contribution in [0, 0.1) is 6.92 Å². The Hall–Kier alpha value is -0.970. The molecule has 0 saturated heterocycles. The molecule has 0 aliphatic rings. The second-order valence-electron chi connectivity index (χ2n) is 4.95. The van der Waals surface area contributed by atoms with Crippen LogP contribution in [-0.2, 0) is 6.42 Å². The number of aliphatic hydroxyl groups is 1. The Morgan fingerprint density at radius 1 is 1.24 bits per heavy atom. The quantitative estimate of drug-likeness (QED) is 0.765. The van der Waals surface area contributed by atoms with Gasteiger partial charge in [-0.25, -0.2) is 0 Å². The number of rotatable bonds is 6. The summed E-state index contributed by atoms with van der Waals surface area (Å²) >= 11 is 5.16. The van der Waals surface area contributed by atoms with Gasteiger partial charge in [0.05, 0.1) is 17.7 Å². The van der Waals surface area contributed by atoms with E-state index in [-0.39, 0.29) is 6.10 Å². The summed E-state index contributed by atoms with van der Waals surface area (Å²) in [6.45, 7) is 2.08. The Kier molecular flexibility index (Phi) is 6.15. The van der Waals surface area contributed by atoms with E-state index in [9.17, 15) is 5.11 Å². The maximum Gasteiger partial charge on any atom is 0.133 e. The Labute approximate surface area is 138 Å². The summed E-state index contributed by atoms with van der Waals surface area (Å²) in [7, 11) is 1.65.